The number of fused-ring (bicyclic) bond motifs is 1. The molecule has 130 valence electrons. The Balaban J connectivity index is 2.32. The number of hydrogen-bond donors (Lipinski definition) is 2. The van der Waals surface area contributed by atoms with Crippen LogP contribution in [0.4, 0.5) is 17.6 Å². The summed E-state index contributed by atoms with van der Waals surface area (Å²) in [5.41, 5.74) is -0.544. The number of carboxylic acid groups (broad SMARTS) is 1. The summed E-state index contributed by atoms with van der Waals surface area (Å²) >= 11 is 0. The van der Waals surface area contributed by atoms with E-state index in [1.807, 2.05) is 0 Å². The maximum absolute atomic E-state index is 13.1. The molecule has 0 atom stereocenters. The zero-order chi connectivity index (χ0) is 18.4. The molecule has 8 heteroatoms. The van der Waals surface area contributed by atoms with Gasteiger partial charge in [-0.15, -0.1) is 0 Å². The van der Waals surface area contributed by atoms with Crippen molar-refractivity contribution in [1.29, 1.82) is 0 Å². The monoisotopic (exact) mass is 353 g/mol. The summed E-state index contributed by atoms with van der Waals surface area (Å²) in [7, 11) is 0. The fourth-order valence-corrected chi connectivity index (χ4v) is 2.69. The Morgan fingerprint density at radius 1 is 1.08 bits per heavy atom. The Hall–Kier alpha value is -3.03. The van der Waals surface area contributed by atoms with Crippen molar-refractivity contribution in [2.45, 2.75) is 12.6 Å². The van der Waals surface area contributed by atoms with Gasteiger partial charge in [0.2, 0.25) is 0 Å². The lowest BCUT2D eigenvalue weighted by molar-refractivity contribution is -0.138. The lowest BCUT2D eigenvalue weighted by atomic mass is 10.1. The molecule has 0 spiro atoms. The molecule has 0 aliphatic heterocycles. The van der Waals surface area contributed by atoms with Crippen LogP contribution in [0.25, 0.3) is 16.6 Å². The summed E-state index contributed by atoms with van der Waals surface area (Å²) in [5, 5.41) is 19.2. The lowest BCUT2D eigenvalue weighted by Gasteiger charge is -2.10. The predicted octanol–water partition coefficient (Wildman–Crippen LogP) is 4.12. The zero-order valence-electron chi connectivity index (χ0n) is 12.5. The third-order valence-electron chi connectivity index (χ3n) is 3.77. The summed E-state index contributed by atoms with van der Waals surface area (Å²) < 4.78 is 53.2. The number of aromatic nitrogens is 1. The molecular weight excluding hydrogens is 342 g/mol. The fraction of sp³-hybridized carbons (Fsp3) is 0.118. The van der Waals surface area contributed by atoms with Gasteiger partial charge in [0.25, 0.3) is 0 Å². The van der Waals surface area contributed by atoms with Gasteiger partial charge in [-0.2, -0.15) is 13.2 Å². The van der Waals surface area contributed by atoms with Gasteiger partial charge >= 0.3 is 12.1 Å². The molecular formula is C17H11F4NO3. The predicted molar refractivity (Wildman–Crippen MR) is 81.2 cm³/mol. The molecule has 3 aromatic rings. The number of aliphatic carboxylic acids is 1. The Kier molecular flexibility index (Phi) is 3.90. The van der Waals surface area contributed by atoms with Gasteiger partial charge in [0.05, 0.1) is 23.2 Å². The molecule has 3 rings (SSSR count). The number of halogens is 4. The Bertz CT molecular complexity index is 959. The van der Waals surface area contributed by atoms with E-state index >= 15 is 0 Å². The minimum Gasteiger partial charge on any atom is -0.505 e. The first-order valence-corrected chi connectivity index (χ1v) is 7.09. The topological polar surface area (TPSA) is 62.5 Å². The molecule has 0 unspecified atom stereocenters. The number of hydrogen-bond acceptors (Lipinski definition) is 2. The van der Waals surface area contributed by atoms with Crippen molar-refractivity contribution in [1.82, 2.24) is 4.57 Å². The second-order valence-electron chi connectivity index (χ2n) is 5.41. The van der Waals surface area contributed by atoms with Gasteiger partial charge in [0, 0.05) is 11.1 Å². The van der Waals surface area contributed by atoms with Crippen molar-refractivity contribution in [3.63, 3.8) is 0 Å². The first-order chi connectivity index (χ1) is 11.7. The maximum atomic E-state index is 13.1. The van der Waals surface area contributed by atoms with E-state index < -0.39 is 35.7 Å². The highest BCUT2D eigenvalue weighted by atomic mass is 19.4. The summed E-state index contributed by atoms with van der Waals surface area (Å²) in [4.78, 5) is 11.1. The number of nitrogens with zero attached hydrogens (tertiary/aromatic N) is 1. The van der Waals surface area contributed by atoms with E-state index in [4.69, 9.17) is 5.11 Å². The van der Waals surface area contributed by atoms with Crippen LogP contribution in [0.15, 0.2) is 42.5 Å². The first kappa shape index (κ1) is 16.8. The molecule has 0 amide bonds. The summed E-state index contributed by atoms with van der Waals surface area (Å²) in [6.45, 7) is 0. The van der Waals surface area contributed by atoms with E-state index in [-0.39, 0.29) is 16.6 Å². The van der Waals surface area contributed by atoms with Crippen LogP contribution in [-0.4, -0.2) is 20.7 Å². The fourth-order valence-electron chi connectivity index (χ4n) is 2.69. The molecule has 1 heterocycles. The molecule has 0 saturated carbocycles. The van der Waals surface area contributed by atoms with Crippen molar-refractivity contribution in [3.05, 3.63) is 59.5 Å². The largest absolute Gasteiger partial charge is 0.505 e. The normalized spacial score (nSPS) is 11.8. The second kappa shape index (κ2) is 5.80. The van der Waals surface area contributed by atoms with Gasteiger partial charge in [0.15, 0.2) is 0 Å². The highest BCUT2D eigenvalue weighted by Crippen LogP contribution is 2.39. The molecule has 0 saturated heterocycles. The van der Waals surface area contributed by atoms with Gasteiger partial charge < -0.3 is 14.8 Å². The summed E-state index contributed by atoms with van der Waals surface area (Å²) in [6.07, 6.45) is -5.22. The Labute approximate surface area is 138 Å². The number of alkyl halides is 3. The number of carbonyl (C=O) groups is 1. The minimum absolute atomic E-state index is 0.0894. The molecule has 25 heavy (non-hydrogen) atoms. The maximum Gasteiger partial charge on any atom is 0.416 e. The van der Waals surface area contributed by atoms with Crippen molar-refractivity contribution < 1.29 is 32.6 Å². The van der Waals surface area contributed by atoms with Crippen molar-refractivity contribution in [2.75, 3.05) is 0 Å². The lowest BCUT2D eigenvalue weighted by Crippen LogP contribution is -2.07. The molecule has 1 aromatic heterocycles. The van der Waals surface area contributed by atoms with Gasteiger partial charge in [0.1, 0.15) is 11.6 Å². The van der Waals surface area contributed by atoms with E-state index in [2.05, 4.69) is 0 Å². The third kappa shape index (κ3) is 3.02. The van der Waals surface area contributed by atoms with Crippen molar-refractivity contribution in [2.24, 2.45) is 0 Å². The van der Waals surface area contributed by atoms with Crippen LogP contribution in [0.1, 0.15) is 11.3 Å². The minimum atomic E-state index is -4.61. The molecule has 2 aromatic carbocycles. The van der Waals surface area contributed by atoms with E-state index in [1.165, 1.54) is 16.7 Å². The quantitative estimate of drug-likeness (QED) is 0.696. The van der Waals surface area contributed by atoms with Crippen molar-refractivity contribution >= 4 is 16.9 Å². The van der Waals surface area contributed by atoms with Crippen LogP contribution in [0.5, 0.6) is 5.75 Å². The van der Waals surface area contributed by atoms with E-state index in [0.717, 1.165) is 30.3 Å². The van der Waals surface area contributed by atoms with E-state index in [1.54, 1.807) is 0 Å². The third-order valence-corrected chi connectivity index (χ3v) is 3.77. The molecule has 0 fully saturated rings. The Morgan fingerprint density at radius 2 is 1.72 bits per heavy atom. The second-order valence-corrected chi connectivity index (χ2v) is 5.41. The molecule has 0 aliphatic rings. The molecule has 0 aliphatic carbocycles. The van der Waals surface area contributed by atoms with Gasteiger partial charge in [-0.3, -0.25) is 4.79 Å². The number of benzene rings is 2. The van der Waals surface area contributed by atoms with Crippen molar-refractivity contribution in [3.8, 4) is 11.4 Å². The first-order valence-electron chi connectivity index (χ1n) is 7.09. The average Bonchev–Trinajstić information content (AvgIpc) is 2.79. The van der Waals surface area contributed by atoms with E-state index in [0.29, 0.717) is 5.69 Å². The zero-order valence-corrected chi connectivity index (χ0v) is 12.5. The van der Waals surface area contributed by atoms with Crippen LogP contribution in [0.3, 0.4) is 0 Å². The summed E-state index contributed by atoms with van der Waals surface area (Å²) in [6, 6.07) is 7.70. The van der Waals surface area contributed by atoms with Gasteiger partial charge in [-0.05, 0) is 42.5 Å². The van der Waals surface area contributed by atoms with Crippen LogP contribution in [-0.2, 0) is 17.4 Å². The number of aromatic hydroxyl groups is 1. The van der Waals surface area contributed by atoms with E-state index in [9.17, 15) is 27.5 Å². The van der Waals surface area contributed by atoms with Crippen LogP contribution < -0.4 is 0 Å². The highest BCUT2D eigenvalue weighted by molar-refractivity contribution is 5.92. The summed E-state index contributed by atoms with van der Waals surface area (Å²) in [5.74, 6) is -2.34. The van der Waals surface area contributed by atoms with Crippen LogP contribution in [0, 0.1) is 5.82 Å². The standard InChI is InChI=1S/C17H11F4NO3/c18-10-2-4-11(5-3-10)22-13-6-1-9(17(19,20)21)7-12(13)16(25)14(22)8-15(23)24/h1-7,25H,8H2,(H,23,24). The van der Waals surface area contributed by atoms with Crippen LogP contribution >= 0.6 is 0 Å². The number of rotatable bonds is 3. The molecule has 0 radical (unpaired) electrons. The molecule has 4 nitrogen and oxygen atoms in total. The molecule has 2 N–H and O–H groups in total. The van der Waals surface area contributed by atoms with Crippen LogP contribution in [0.2, 0.25) is 0 Å². The smallest absolute Gasteiger partial charge is 0.416 e. The number of carboxylic acids is 1. The molecule has 0 bridgehead atoms. The Morgan fingerprint density at radius 3 is 2.28 bits per heavy atom. The average molecular weight is 353 g/mol. The SMILES string of the molecule is O=C(O)Cc1c(O)c2cc(C(F)(F)F)ccc2n1-c1ccc(F)cc1. The van der Waals surface area contributed by atoms with Gasteiger partial charge in [-0.25, -0.2) is 4.39 Å². The van der Waals surface area contributed by atoms with Gasteiger partial charge in [-0.1, -0.05) is 0 Å². The highest BCUT2D eigenvalue weighted by Gasteiger charge is 2.32.